The van der Waals surface area contributed by atoms with Crippen LogP contribution in [0.5, 0.6) is 0 Å². The molecule has 1 aromatic carbocycles. The third kappa shape index (κ3) is 5.83. The van der Waals surface area contributed by atoms with Crippen molar-refractivity contribution in [3.8, 4) is 0 Å². The monoisotopic (exact) mass is 371 g/mol. The molecule has 1 aromatic rings. The molecule has 0 unspecified atom stereocenters. The first-order valence-electron chi connectivity index (χ1n) is 10.9. The zero-order valence-corrected chi connectivity index (χ0v) is 20.1. The highest BCUT2D eigenvalue weighted by Gasteiger charge is 2.37. The fourth-order valence-corrected chi connectivity index (χ4v) is 5.58. The Morgan fingerprint density at radius 1 is 0.852 bits per heavy atom. The van der Waals surface area contributed by atoms with Gasteiger partial charge in [0.15, 0.2) is 0 Å². The Kier molecular flexibility index (Phi) is 6.00. The summed E-state index contributed by atoms with van der Waals surface area (Å²) in [5.41, 5.74) is 6.94. The van der Waals surface area contributed by atoms with E-state index in [4.69, 9.17) is 0 Å². The molecule has 1 aliphatic heterocycles. The van der Waals surface area contributed by atoms with Gasteiger partial charge in [-0.05, 0) is 99.3 Å². The molecule has 0 radical (unpaired) electrons. The summed E-state index contributed by atoms with van der Waals surface area (Å²) in [7, 11) is 0. The van der Waals surface area contributed by atoms with E-state index in [-0.39, 0.29) is 21.9 Å². The fraction of sp³-hybridized carbons (Fsp3) is 0.769. The van der Waals surface area contributed by atoms with Crippen LogP contribution in [0.4, 0.5) is 0 Å². The van der Waals surface area contributed by atoms with E-state index in [2.05, 4.69) is 93.6 Å². The summed E-state index contributed by atoms with van der Waals surface area (Å²) in [6, 6.07) is 5.00. The second-order valence-corrected chi connectivity index (χ2v) is 12.5. The zero-order chi connectivity index (χ0) is 20.8. The van der Waals surface area contributed by atoms with Crippen LogP contribution in [-0.2, 0) is 17.3 Å². The van der Waals surface area contributed by atoms with Gasteiger partial charge in [-0.25, -0.2) is 0 Å². The van der Waals surface area contributed by atoms with E-state index in [0.717, 1.165) is 5.92 Å². The maximum Gasteiger partial charge on any atom is 0.0132 e. The molecule has 0 spiro atoms. The topological polar surface area (TPSA) is 12.0 Å². The maximum atomic E-state index is 3.83. The first-order valence-corrected chi connectivity index (χ1v) is 10.9. The van der Waals surface area contributed by atoms with Gasteiger partial charge in [-0.2, -0.15) is 0 Å². The van der Waals surface area contributed by atoms with Gasteiger partial charge in [0.25, 0.3) is 0 Å². The van der Waals surface area contributed by atoms with Gasteiger partial charge in [-0.3, -0.25) is 0 Å². The minimum Gasteiger partial charge on any atom is -0.307 e. The summed E-state index contributed by atoms with van der Waals surface area (Å²) in [4.78, 5) is 0. The molecule has 1 fully saturated rings. The second-order valence-electron chi connectivity index (χ2n) is 12.5. The highest BCUT2D eigenvalue weighted by atomic mass is 15.0. The molecule has 0 aliphatic carbocycles. The lowest BCUT2D eigenvalue weighted by molar-refractivity contribution is 0.124. The Morgan fingerprint density at radius 2 is 1.26 bits per heavy atom. The average molecular weight is 372 g/mol. The molecule has 1 saturated heterocycles. The molecule has 1 heterocycles. The molecule has 0 atom stereocenters. The van der Waals surface area contributed by atoms with Crippen molar-refractivity contribution < 1.29 is 0 Å². The van der Waals surface area contributed by atoms with Crippen molar-refractivity contribution in [3.05, 3.63) is 34.4 Å². The predicted octanol–water partition coefficient (Wildman–Crippen LogP) is 7.08. The van der Waals surface area contributed by atoms with E-state index in [1.165, 1.54) is 47.9 Å². The lowest BCUT2D eigenvalue weighted by Crippen LogP contribution is -2.57. The summed E-state index contributed by atoms with van der Waals surface area (Å²) in [5.74, 6) is 0.800. The lowest BCUT2D eigenvalue weighted by atomic mass is 9.73. The van der Waals surface area contributed by atoms with Gasteiger partial charge >= 0.3 is 0 Å². The van der Waals surface area contributed by atoms with Crippen LogP contribution in [-0.4, -0.2) is 11.1 Å². The highest BCUT2D eigenvalue weighted by Crippen LogP contribution is 2.37. The van der Waals surface area contributed by atoms with Gasteiger partial charge in [0.1, 0.15) is 0 Å². The van der Waals surface area contributed by atoms with Gasteiger partial charge in [0, 0.05) is 11.1 Å². The van der Waals surface area contributed by atoms with Crippen molar-refractivity contribution in [2.24, 2.45) is 5.92 Å². The van der Waals surface area contributed by atoms with Crippen LogP contribution in [0.15, 0.2) is 12.1 Å². The Bertz CT molecular complexity index is 613. The number of piperidine rings is 1. The molecule has 2 rings (SSSR count). The number of rotatable bonds is 3. The summed E-state index contributed by atoms with van der Waals surface area (Å²) in [5, 5.41) is 3.83. The smallest absolute Gasteiger partial charge is 0.0132 e. The predicted molar refractivity (Wildman–Crippen MR) is 121 cm³/mol. The Morgan fingerprint density at radius 3 is 1.63 bits per heavy atom. The maximum absolute atomic E-state index is 3.83. The van der Waals surface area contributed by atoms with E-state index >= 15 is 0 Å². The SMILES string of the molecule is Cc1c(C(C)(C)C)cc(CCC2CC(C)(C)NC(C)(C)C2)cc1C(C)(C)C. The molecular weight excluding hydrogens is 326 g/mol. The summed E-state index contributed by atoms with van der Waals surface area (Å²) >= 11 is 0. The first kappa shape index (κ1) is 22.5. The third-order valence-corrected chi connectivity index (χ3v) is 6.20. The standard InChI is InChI=1S/C26H45N/c1-18-21(23(2,3)4)14-19(15-22(18)24(5,6)7)12-13-20-16-25(8,9)27-26(10,11)17-20/h14-15,20,27H,12-13,16-17H2,1-11H3. The number of aryl methyl sites for hydroxylation is 1. The van der Waals surface area contributed by atoms with E-state index in [9.17, 15) is 0 Å². The molecule has 1 N–H and O–H groups in total. The summed E-state index contributed by atoms with van der Waals surface area (Å²) < 4.78 is 0. The molecule has 1 heteroatoms. The second kappa shape index (κ2) is 7.21. The van der Waals surface area contributed by atoms with E-state index in [1.54, 1.807) is 0 Å². The minimum absolute atomic E-state index is 0.193. The van der Waals surface area contributed by atoms with E-state index in [1.807, 2.05) is 0 Å². The Labute approximate surface area is 169 Å². The zero-order valence-electron chi connectivity index (χ0n) is 20.1. The average Bonchev–Trinajstić information content (AvgIpc) is 2.40. The van der Waals surface area contributed by atoms with Crippen LogP contribution in [0.25, 0.3) is 0 Å². The van der Waals surface area contributed by atoms with Crippen LogP contribution in [0.1, 0.15) is 111 Å². The van der Waals surface area contributed by atoms with Crippen molar-refractivity contribution in [1.29, 1.82) is 0 Å². The number of nitrogens with one attached hydrogen (secondary N) is 1. The largest absolute Gasteiger partial charge is 0.307 e. The fourth-order valence-electron chi connectivity index (χ4n) is 5.58. The molecular formula is C26H45N. The summed E-state index contributed by atoms with van der Waals surface area (Å²) in [6.07, 6.45) is 5.05. The number of hydrogen-bond acceptors (Lipinski definition) is 1. The van der Waals surface area contributed by atoms with Crippen molar-refractivity contribution in [2.45, 2.75) is 124 Å². The molecule has 0 saturated carbocycles. The van der Waals surface area contributed by atoms with Crippen LogP contribution in [0, 0.1) is 12.8 Å². The molecule has 1 aliphatic rings. The van der Waals surface area contributed by atoms with Gasteiger partial charge < -0.3 is 5.32 Å². The third-order valence-electron chi connectivity index (χ3n) is 6.20. The minimum atomic E-state index is 0.193. The molecule has 0 amide bonds. The highest BCUT2D eigenvalue weighted by molar-refractivity contribution is 5.45. The normalized spacial score (nSPS) is 20.7. The first-order chi connectivity index (χ1) is 12.0. The Balaban J connectivity index is 2.28. The van der Waals surface area contributed by atoms with Crippen molar-refractivity contribution in [2.75, 3.05) is 0 Å². The quantitative estimate of drug-likeness (QED) is 0.598. The molecule has 0 aromatic heterocycles. The van der Waals surface area contributed by atoms with Crippen molar-refractivity contribution in [1.82, 2.24) is 5.32 Å². The van der Waals surface area contributed by atoms with Gasteiger partial charge in [0.2, 0.25) is 0 Å². The molecule has 154 valence electrons. The van der Waals surface area contributed by atoms with E-state index < -0.39 is 0 Å². The van der Waals surface area contributed by atoms with Crippen LogP contribution < -0.4 is 5.32 Å². The molecule has 27 heavy (non-hydrogen) atoms. The Hall–Kier alpha value is -0.820. The van der Waals surface area contributed by atoms with Crippen molar-refractivity contribution >= 4 is 0 Å². The van der Waals surface area contributed by atoms with Crippen LogP contribution >= 0.6 is 0 Å². The van der Waals surface area contributed by atoms with Gasteiger partial charge in [-0.1, -0.05) is 53.7 Å². The number of benzene rings is 1. The molecule has 1 nitrogen and oxygen atoms in total. The lowest BCUT2D eigenvalue weighted by Gasteiger charge is -2.46. The van der Waals surface area contributed by atoms with E-state index in [0.29, 0.717) is 0 Å². The van der Waals surface area contributed by atoms with Gasteiger partial charge in [-0.15, -0.1) is 0 Å². The van der Waals surface area contributed by atoms with Crippen LogP contribution in [0.2, 0.25) is 0 Å². The van der Waals surface area contributed by atoms with Gasteiger partial charge in [0.05, 0.1) is 0 Å². The number of hydrogen-bond donors (Lipinski definition) is 1. The molecule has 0 bridgehead atoms. The summed E-state index contributed by atoms with van der Waals surface area (Å²) in [6.45, 7) is 25.9. The van der Waals surface area contributed by atoms with Crippen LogP contribution in [0.3, 0.4) is 0 Å². The van der Waals surface area contributed by atoms with Crippen molar-refractivity contribution in [3.63, 3.8) is 0 Å².